The molecule has 0 bridgehead atoms. The molecule has 1 N–H and O–H groups in total. The van der Waals surface area contributed by atoms with Crippen molar-refractivity contribution in [1.29, 1.82) is 0 Å². The molecule has 1 aliphatic rings. The van der Waals surface area contributed by atoms with Crippen LogP contribution in [0.3, 0.4) is 0 Å². The van der Waals surface area contributed by atoms with E-state index in [0.29, 0.717) is 12.1 Å². The predicted octanol–water partition coefficient (Wildman–Crippen LogP) is 4.02. The number of rotatable bonds is 5. The summed E-state index contributed by atoms with van der Waals surface area (Å²) in [6, 6.07) is 9.34. The van der Waals surface area contributed by atoms with Crippen LogP contribution in [0.25, 0.3) is 0 Å². The van der Waals surface area contributed by atoms with Crippen molar-refractivity contribution in [3.63, 3.8) is 0 Å². The average Bonchev–Trinajstić information content (AvgIpc) is 2.74. The van der Waals surface area contributed by atoms with Crippen molar-refractivity contribution in [2.45, 2.75) is 57.6 Å². The van der Waals surface area contributed by atoms with E-state index >= 15 is 0 Å². The molecule has 2 rings (SSSR count). The first-order valence-corrected chi connectivity index (χ1v) is 8.24. The van der Waals surface area contributed by atoms with Crippen LogP contribution in [0, 0.1) is 0 Å². The molecule has 1 aromatic rings. The van der Waals surface area contributed by atoms with E-state index in [-0.39, 0.29) is 6.10 Å². The third kappa shape index (κ3) is 4.15. The lowest BCUT2D eigenvalue weighted by Gasteiger charge is -2.22. The van der Waals surface area contributed by atoms with Gasteiger partial charge in [-0.1, -0.05) is 25.1 Å². The Morgan fingerprint density at radius 1 is 1.26 bits per heavy atom. The minimum absolute atomic E-state index is 0.218. The molecule has 1 aromatic carbocycles. The molecule has 0 spiro atoms. The van der Waals surface area contributed by atoms with Crippen LogP contribution in [0.15, 0.2) is 24.3 Å². The highest BCUT2D eigenvalue weighted by molar-refractivity contribution is 8.00. The van der Waals surface area contributed by atoms with Crippen LogP contribution in [-0.2, 0) is 0 Å². The van der Waals surface area contributed by atoms with E-state index in [1.165, 1.54) is 17.7 Å². The van der Waals surface area contributed by atoms with Crippen LogP contribution in [0.5, 0.6) is 5.75 Å². The Morgan fingerprint density at radius 2 is 2.00 bits per heavy atom. The second-order valence-corrected chi connectivity index (χ2v) is 7.14. The van der Waals surface area contributed by atoms with E-state index in [1.807, 2.05) is 6.07 Å². The summed E-state index contributed by atoms with van der Waals surface area (Å²) in [5.41, 5.74) is 1.26. The van der Waals surface area contributed by atoms with Gasteiger partial charge in [-0.15, -0.1) is 0 Å². The van der Waals surface area contributed by atoms with Crippen molar-refractivity contribution in [3.8, 4) is 5.75 Å². The molecule has 1 heterocycles. The Balaban J connectivity index is 2.03. The van der Waals surface area contributed by atoms with Gasteiger partial charge in [0, 0.05) is 28.6 Å². The highest BCUT2D eigenvalue weighted by Crippen LogP contribution is 2.30. The Labute approximate surface area is 121 Å². The highest BCUT2D eigenvalue weighted by atomic mass is 32.2. The van der Waals surface area contributed by atoms with Crippen LogP contribution in [0.1, 0.15) is 45.7 Å². The van der Waals surface area contributed by atoms with Gasteiger partial charge < -0.3 is 10.1 Å². The third-order valence-electron chi connectivity index (χ3n) is 3.43. The molecular weight excluding hydrogens is 254 g/mol. The maximum absolute atomic E-state index is 5.91. The summed E-state index contributed by atoms with van der Waals surface area (Å²) in [6.07, 6.45) is 1.48. The molecule has 3 atom stereocenters. The Bertz CT molecular complexity index is 407. The largest absolute Gasteiger partial charge is 0.491 e. The van der Waals surface area contributed by atoms with Gasteiger partial charge in [-0.3, -0.25) is 0 Å². The zero-order chi connectivity index (χ0) is 13.8. The minimum atomic E-state index is 0.218. The van der Waals surface area contributed by atoms with Crippen molar-refractivity contribution in [1.82, 2.24) is 5.32 Å². The summed E-state index contributed by atoms with van der Waals surface area (Å²) < 4.78 is 5.91. The Morgan fingerprint density at radius 3 is 2.63 bits per heavy atom. The predicted molar refractivity (Wildman–Crippen MR) is 84.1 cm³/mol. The SMILES string of the molecule is CC(C)Oc1ccccc1C(C)NC1CSC(C)C1. The van der Waals surface area contributed by atoms with E-state index in [1.54, 1.807) is 0 Å². The van der Waals surface area contributed by atoms with Gasteiger partial charge in [-0.05, 0) is 33.3 Å². The van der Waals surface area contributed by atoms with Crippen LogP contribution >= 0.6 is 11.8 Å². The summed E-state index contributed by atoms with van der Waals surface area (Å²) in [6.45, 7) is 8.69. The number of ether oxygens (including phenoxy) is 1. The van der Waals surface area contributed by atoms with Crippen LogP contribution in [0.2, 0.25) is 0 Å². The third-order valence-corrected chi connectivity index (χ3v) is 4.79. The zero-order valence-electron chi connectivity index (χ0n) is 12.3. The van der Waals surface area contributed by atoms with Gasteiger partial charge in [0.25, 0.3) is 0 Å². The summed E-state index contributed by atoms with van der Waals surface area (Å²) in [5.74, 6) is 2.23. The van der Waals surface area contributed by atoms with Gasteiger partial charge in [0.15, 0.2) is 0 Å². The van der Waals surface area contributed by atoms with Gasteiger partial charge >= 0.3 is 0 Å². The highest BCUT2D eigenvalue weighted by Gasteiger charge is 2.24. The first-order valence-electron chi connectivity index (χ1n) is 7.19. The number of para-hydroxylation sites is 1. The molecule has 0 saturated carbocycles. The standard InChI is InChI=1S/C16H25NOS/c1-11(2)18-16-8-6-5-7-15(16)13(4)17-14-9-12(3)19-10-14/h5-8,11-14,17H,9-10H2,1-4H3. The molecule has 19 heavy (non-hydrogen) atoms. The first-order chi connectivity index (χ1) is 9.06. The van der Waals surface area contributed by atoms with Crippen LogP contribution in [0.4, 0.5) is 0 Å². The second-order valence-electron chi connectivity index (χ2n) is 5.67. The van der Waals surface area contributed by atoms with Gasteiger partial charge in [-0.2, -0.15) is 11.8 Å². The van der Waals surface area contributed by atoms with E-state index in [9.17, 15) is 0 Å². The van der Waals surface area contributed by atoms with Gasteiger partial charge in [0.05, 0.1) is 6.10 Å². The van der Waals surface area contributed by atoms with E-state index in [4.69, 9.17) is 4.74 Å². The van der Waals surface area contributed by atoms with E-state index in [2.05, 4.69) is 63.0 Å². The molecule has 1 fully saturated rings. The van der Waals surface area contributed by atoms with Crippen molar-refractivity contribution in [2.24, 2.45) is 0 Å². The van der Waals surface area contributed by atoms with Crippen molar-refractivity contribution in [3.05, 3.63) is 29.8 Å². The number of hydrogen-bond donors (Lipinski definition) is 1. The number of hydrogen-bond acceptors (Lipinski definition) is 3. The monoisotopic (exact) mass is 279 g/mol. The topological polar surface area (TPSA) is 21.3 Å². The summed E-state index contributed by atoms with van der Waals surface area (Å²) in [5, 5.41) is 4.52. The number of benzene rings is 1. The van der Waals surface area contributed by atoms with Crippen molar-refractivity contribution >= 4 is 11.8 Å². The Hall–Kier alpha value is -0.670. The lowest BCUT2D eigenvalue weighted by molar-refractivity contribution is 0.237. The van der Waals surface area contributed by atoms with Crippen LogP contribution in [-0.4, -0.2) is 23.1 Å². The van der Waals surface area contributed by atoms with Crippen LogP contribution < -0.4 is 10.1 Å². The molecule has 0 amide bonds. The minimum Gasteiger partial charge on any atom is -0.491 e. The normalized spacial score (nSPS) is 24.7. The van der Waals surface area contributed by atoms with Gasteiger partial charge in [-0.25, -0.2) is 0 Å². The zero-order valence-corrected chi connectivity index (χ0v) is 13.2. The summed E-state index contributed by atoms with van der Waals surface area (Å²) in [7, 11) is 0. The Kier molecular flexibility index (Phi) is 5.17. The molecule has 106 valence electrons. The number of thioether (sulfide) groups is 1. The fourth-order valence-electron chi connectivity index (χ4n) is 2.58. The molecule has 2 nitrogen and oxygen atoms in total. The maximum atomic E-state index is 5.91. The van der Waals surface area contributed by atoms with Crippen molar-refractivity contribution < 1.29 is 4.74 Å². The molecule has 0 radical (unpaired) electrons. The van der Waals surface area contributed by atoms with E-state index < -0.39 is 0 Å². The second kappa shape index (κ2) is 6.67. The first kappa shape index (κ1) is 14.7. The quantitative estimate of drug-likeness (QED) is 0.879. The fourth-order valence-corrected chi connectivity index (χ4v) is 3.74. The molecular formula is C16H25NOS. The molecule has 1 saturated heterocycles. The molecule has 3 heteroatoms. The maximum Gasteiger partial charge on any atom is 0.124 e. The van der Waals surface area contributed by atoms with E-state index in [0.717, 1.165) is 11.0 Å². The lowest BCUT2D eigenvalue weighted by Crippen LogP contribution is -2.32. The average molecular weight is 279 g/mol. The molecule has 0 aromatic heterocycles. The van der Waals surface area contributed by atoms with Crippen molar-refractivity contribution in [2.75, 3.05) is 5.75 Å². The summed E-state index contributed by atoms with van der Waals surface area (Å²) in [4.78, 5) is 0. The molecule has 3 unspecified atom stereocenters. The smallest absolute Gasteiger partial charge is 0.124 e. The van der Waals surface area contributed by atoms with Gasteiger partial charge in [0.2, 0.25) is 0 Å². The molecule has 1 aliphatic heterocycles. The van der Waals surface area contributed by atoms with Gasteiger partial charge in [0.1, 0.15) is 5.75 Å². The molecule has 0 aliphatic carbocycles. The number of nitrogens with one attached hydrogen (secondary N) is 1. The summed E-state index contributed by atoms with van der Waals surface area (Å²) >= 11 is 2.06. The lowest BCUT2D eigenvalue weighted by atomic mass is 10.1. The fraction of sp³-hybridized carbons (Fsp3) is 0.625.